The molecule has 2 rings (SSSR count). The van der Waals surface area contributed by atoms with Crippen molar-refractivity contribution in [1.82, 2.24) is 4.90 Å². The third-order valence-electron chi connectivity index (χ3n) is 3.69. The van der Waals surface area contributed by atoms with E-state index in [1.807, 2.05) is 0 Å². The third-order valence-corrected chi connectivity index (χ3v) is 4.64. The Morgan fingerprint density at radius 1 is 1.38 bits per heavy atom. The number of hydrogen-bond donors (Lipinski definition) is 3. The number of nitrogens with zero attached hydrogens (tertiary/aromatic N) is 1. The predicted molar refractivity (Wildman–Crippen MR) is 90.7 cm³/mol. The maximum absolute atomic E-state index is 12.5. The molecule has 0 radical (unpaired) electrons. The van der Waals surface area contributed by atoms with Crippen LogP contribution in [0.3, 0.4) is 0 Å². The number of benzene rings is 1. The number of methoxy groups -OCH3 is 2. The summed E-state index contributed by atoms with van der Waals surface area (Å²) in [7, 11) is -1.52. The van der Waals surface area contributed by atoms with Crippen molar-refractivity contribution in [3.8, 4) is 5.75 Å². The van der Waals surface area contributed by atoms with Gasteiger partial charge in [0.1, 0.15) is 16.3 Å². The number of esters is 1. The first-order chi connectivity index (χ1) is 12.2. The van der Waals surface area contributed by atoms with Crippen LogP contribution in [0, 0.1) is 0 Å². The summed E-state index contributed by atoms with van der Waals surface area (Å²) in [6.07, 6.45) is 0. The number of sulfonamides is 1. The van der Waals surface area contributed by atoms with Crippen molar-refractivity contribution in [2.45, 2.75) is 4.90 Å². The summed E-state index contributed by atoms with van der Waals surface area (Å²) in [5.74, 6) is -1.20. The molecule has 0 unspecified atom stereocenters. The number of primary sulfonamides is 1. The molecule has 0 aromatic heterocycles. The first-order valence-corrected chi connectivity index (χ1v) is 8.97. The monoisotopic (exact) mass is 385 g/mol. The molecule has 1 amide bonds. The summed E-state index contributed by atoms with van der Waals surface area (Å²) >= 11 is 0. The van der Waals surface area contributed by atoms with Gasteiger partial charge in [-0.2, -0.15) is 0 Å². The minimum atomic E-state index is -3.99. The van der Waals surface area contributed by atoms with Crippen LogP contribution >= 0.6 is 0 Å². The molecule has 1 aromatic carbocycles. The minimum Gasteiger partial charge on any atom is -0.495 e. The van der Waals surface area contributed by atoms with Gasteiger partial charge in [0.25, 0.3) is 5.91 Å². The lowest BCUT2D eigenvalue weighted by atomic mass is 10.2. The Hall–Kier alpha value is -2.63. The normalized spacial score (nSPS) is 14.6. The second kappa shape index (κ2) is 7.72. The summed E-state index contributed by atoms with van der Waals surface area (Å²) in [5, 5.41) is 16.9. The standard InChI is InChI=1S/C15H19N3O7S/c1-24-11-7-9(3-4-12(11)26(16,22)23)17-13-10(15(21)25-2)8-18(5-6-19)14(13)20/h3-4,7,17,19H,5-6,8H2,1-2H3,(H2,16,22,23). The van der Waals surface area contributed by atoms with Crippen LogP contribution in [0.25, 0.3) is 0 Å². The van der Waals surface area contributed by atoms with Crippen molar-refractivity contribution in [3.05, 3.63) is 29.5 Å². The van der Waals surface area contributed by atoms with Gasteiger partial charge in [0.05, 0.1) is 32.9 Å². The molecule has 0 fully saturated rings. The Morgan fingerprint density at radius 3 is 2.62 bits per heavy atom. The van der Waals surface area contributed by atoms with E-state index in [-0.39, 0.29) is 41.6 Å². The molecule has 0 saturated carbocycles. The Kier molecular flexibility index (Phi) is 5.85. The van der Waals surface area contributed by atoms with Gasteiger partial charge < -0.3 is 24.8 Å². The first-order valence-electron chi connectivity index (χ1n) is 7.42. The van der Waals surface area contributed by atoms with Gasteiger partial charge in [-0.3, -0.25) is 4.79 Å². The highest BCUT2D eigenvalue weighted by molar-refractivity contribution is 7.89. The van der Waals surface area contributed by atoms with Gasteiger partial charge >= 0.3 is 5.97 Å². The van der Waals surface area contributed by atoms with Crippen LogP contribution in [0.4, 0.5) is 5.69 Å². The largest absolute Gasteiger partial charge is 0.495 e. The van der Waals surface area contributed by atoms with E-state index in [2.05, 4.69) is 10.1 Å². The molecule has 10 nitrogen and oxygen atoms in total. The van der Waals surface area contributed by atoms with E-state index < -0.39 is 21.9 Å². The van der Waals surface area contributed by atoms with E-state index in [0.717, 1.165) is 0 Å². The molecule has 1 heterocycles. The number of aliphatic hydroxyl groups excluding tert-OH is 1. The number of anilines is 1. The lowest BCUT2D eigenvalue weighted by Crippen LogP contribution is -2.31. The number of hydrogen-bond acceptors (Lipinski definition) is 8. The van der Waals surface area contributed by atoms with Crippen molar-refractivity contribution in [2.24, 2.45) is 5.14 Å². The number of nitrogens with one attached hydrogen (secondary N) is 1. The summed E-state index contributed by atoms with van der Waals surface area (Å²) in [6.45, 7) is -0.219. The van der Waals surface area contributed by atoms with E-state index in [4.69, 9.17) is 15.0 Å². The molecular formula is C15H19N3O7S. The fourth-order valence-corrected chi connectivity index (χ4v) is 3.15. The molecule has 11 heteroatoms. The van der Waals surface area contributed by atoms with Gasteiger partial charge in [-0.15, -0.1) is 0 Å². The fourth-order valence-electron chi connectivity index (χ4n) is 2.47. The van der Waals surface area contributed by atoms with Crippen LogP contribution < -0.4 is 15.2 Å². The smallest absolute Gasteiger partial charge is 0.337 e. The Morgan fingerprint density at radius 2 is 2.08 bits per heavy atom. The lowest BCUT2D eigenvalue weighted by molar-refractivity contribution is -0.136. The molecular weight excluding hydrogens is 366 g/mol. The molecule has 26 heavy (non-hydrogen) atoms. The number of carbonyl (C=O) groups is 2. The number of ether oxygens (including phenoxy) is 2. The van der Waals surface area contributed by atoms with Gasteiger partial charge in [0, 0.05) is 18.3 Å². The predicted octanol–water partition coefficient (Wildman–Crippen LogP) is -0.984. The number of rotatable bonds is 7. The average molecular weight is 385 g/mol. The second-order valence-corrected chi connectivity index (χ2v) is 6.86. The Balaban J connectivity index is 2.41. The van der Waals surface area contributed by atoms with Crippen molar-refractivity contribution < 1.29 is 32.6 Å². The summed E-state index contributed by atoms with van der Waals surface area (Å²) < 4.78 is 32.8. The topological polar surface area (TPSA) is 148 Å². The molecule has 0 bridgehead atoms. The number of amides is 1. The van der Waals surface area contributed by atoms with E-state index in [1.165, 1.54) is 37.3 Å². The molecule has 4 N–H and O–H groups in total. The Bertz CT molecular complexity index is 864. The maximum Gasteiger partial charge on any atom is 0.337 e. The molecule has 0 aliphatic carbocycles. The number of aliphatic hydroxyl groups is 1. The van der Waals surface area contributed by atoms with Crippen LogP contribution in [0.5, 0.6) is 5.75 Å². The van der Waals surface area contributed by atoms with Crippen molar-refractivity contribution >= 4 is 27.6 Å². The van der Waals surface area contributed by atoms with E-state index in [1.54, 1.807) is 0 Å². The van der Waals surface area contributed by atoms with Gasteiger partial charge in [0.15, 0.2) is 0 Å². The van der Waals surface area contributed by atoms with E-state index in [9.17, 15) is 18.0 Å². The number of nitrogens with two attached hydrogens (primary N) is 1. The molecule has 0 spiro atoms. The van der Waals surface area contributed by atoms with Crippen LogP contribution in [-0.2, 0) is 24.3 Å². The first kappa shape index (κ1) is 19.7. The van der Waals surface area contributed by atoms with Gasteiger partial charge in [-0.1, -0.05) is 0 Å². The van der Waals surface area contributed by atoms with Crippen LogP contribution in [0.1, 0.15) is 0 Å². The fraction of sp³-hybridized carbons (Fsp3) is 0.333. The molecule has 1 aromatic rings. The maximum atomic E-state index is 12.5. The van der Waals surface area contributed by atoms with Crippen LogP contribution in [-0.4, -0.2) is 64.2 Å². The van der Waals surface area contributed by atoms with Crippen LogP contribution in [0.15, 0.2) is 34.4 Å². The number of β-amino-alcohol motifs (C(OH)–C–C–N with tert-alkyl or cyclic N) is 1. The molecule has 1 aliphatic heterocycles. The van der Waals surface area contributed by atoms with Crippen molar-refractivity contribution in [1.29, 1.82) is 0 Å². The third kappa shape index (κ3) is 3.95. The summed E-state index contributed by atoms with van der Waals surface area (Å²) in [6, 6.07) is 3.94. The molecule has 0 saturated heterocycles. The SMILES string of the molecule is COC(=O)C1=C(Nc2ccc(S(N)(=O)=O)c(OC)c2)C(=O)N(CCO)C1. The second-order valence-electron chi connectivity index (χ2n) is 5.33. The van der Waals surface area contributed by atoms with Crippen molar-refractivity contribution in [3.63, 3.8) is 0 Å². The summed E-state index contributed by atoms with van der Waals surface area (Å²) in [4.78, 5) is 25.5. The van der Waals surface area contributed by atoms with E-state index >= 15 is 0 Å². The van der Waals surface area contributed by atoms with Gasteiger partial charge in [-0.05, 0) is 12.1 Å². The highest BCUT2D eigenvalue weighted by Gasteiger charge is 2.34. The van der Waals surface area contributed by atoms with Crippen molar-refractivity contribution in [2.75, 3.05) is 39.2 Å². The Labute approximate surface area is 150 Å². The quantitative estimate of drug-likeness (QED) is 0.507. The highest BCUT2D eigenvalue weighted by Crippen LogP contribution is 2.29. The average Bonchev–Trinajstić information content (AvgIpc) is 2.90. The number of carbonyl (C=O) groups excluding carboxylic acids is 2. The summed E-state index contributed by atoms with van der Waals surface area (Å²) in [5.41, 5.74) is 0.390. The molecule has 1 aliphatic rings. The zero-order chi connectivity index (χ0) is 19.5. The molecule has 142 valence electrons. The lowest BCUT2D eigenvalue weighted by Gasteiger charge is -2.15. The van der Waals surface area contributed by atoms with Crippen LogP contribution in [0.2, 0.25) is 0 Å². The van der Waals surface area contributed by atoms with Gasteiger partial charge in [0.2, 0.25) is 10.0 Å². The minimum absolute atomic E-state index is 0.0131. The highest BCUT2D eigenvalue weighted by atomic mass is 32.2. The van der Waals surface area contributed by atoms with E-state index in [0.29, 0.717) is 5.69 Å². The zero-order valence-electron chi connectivity index (χ0n) is 14.2. The van der Waals surface area contributed by atoms with Gasteiger partial charge in [-0.25, -0.2) is 18.4 Å². The zero-order valence-corrected chi connectivity index (χ0v) is 15.0. The molecule has 0 atom stereocenters.